The van der Waals surface area contributed by atoms with Crippen molar-refractivity contribution in [2.24, 2.45) is 0 Å². The molecule has 0 saturated heterocycles. The summed E-state index contributed by atoms with van der Waals surface area (Å²) in [4.78, 5) is 2.50. The molecule has 3 aliphatic carbocycles. The molecule has 0 N–H and O–H groups in total. The highest BCUT2D eigenvalue weighted by Gasteiger charge is 2.52. The molecule has 0 aliphatic heterocycles. The number of nitrogens with zero attached hydrogens (tertiary/aromatic N) is 1. The minimum Gasteiger partial charge on any atom is -0.310 e. The zero-order valence-electron chi connectivity index (χ0n) is 37.2. The van der Waals surface area contributed by atoms with Crippen LogP contribution in [0.1, 0.15) is 100 Å². The third kappa shape index (κ3) is 5.67. The van der Waals surface area contributed by atoms with Crippen LogP contribution >= 0.6 is 0 Å². The Hall–Kier alpha value is -6.44. The van der Waals surface area contributed by atoms with Gasteiger partial charge < -0.3 is 4.90 Å². The first-order chi connectivity index (χ1) is 29.9. The number of fused-ring (bicyclic) bond motifs is 11. The second-order valence-electron chi connectivity index (χ2n) is 20.3. The Morgan fingerprint density at radius 3 is 1.44 bits per heavy atom. The van der Waals surface area contributed by atoms with Crippen molar-refractivity contribution in [1.29, 1.82) is 0 Å². The maximum absolute atomic E-state index is 2.56. The van der Waals surface area contributed by atoms with E-state index in [1.165, 1.54) is 102 Å². The maximum Gasteiger partial charge on any atom is 0.0726 e. The first-order valence-corrected chi connectivity index (χ1v) is 22.6. The zero-order chi connectivity index (χ0) is 42.6. The first-order valence-electron chi connectivity index (χ1n) is 22.6. The fourth-order valence-electron chi connectivity index (χ4n) is 11.5. The fraction of sp³-hybridized carbons (Fsp3) is 0.213. The van der Waals surface area contributed by atoms with Gasteiger partial charge in [0.25, 0.3) is 0 Å². The number of para-hydroxylation sites is 1. The third-order valence-corrected chi connectivity index (χ3v) is 14.7. The molecular weight excluding hydrogens is 747 g/mol. The predicted molar refractivity (Wildman–Crippen MR) is 262 cm³/mol. The average Bonchev–Trinajstić information content (AvgIpc) is 3.75. The van der Waals surface area contributed by atoms with Gasteiger partial charge in [-0.3, -0.25) is 0 Å². The molecule has 8 aromatic carbocycles. The second-order valence-corrected chi connectivity index (χ2v) is 20.3. The van der Waals surface area contributed by atoms with Crippen LogP contribution in [0.15, 0.2) is 182 Å². The molecule has 0 unspecified atom stereocenters. The number of benzene rings is 8. The average molecular weight is 802 g/mol. The molecule has 0 heterocycles. The highest BCUT2D eigenvalue weighted by atomic mass is 15.1. The van der Waals surface area contributed by atoms with Crippen LogP contribution in [0.4, 0.5) is 17.1 Å². The summed E-state index contributed by atoms with van der Waals surface area (Å²) in [5, 5.41) is 0. The van der Waals surface area contributed by atoms with Crippen molar-refractivity contribution < 1.29 is 0 Å². The Balaban J connectivity index is 1.19. The van der Waals surface area contributed by atoms with E-state index in [-0.39, 0.29) is 16.2 Å². The lowest BCUT2D eigenvalue weighted by atomic mass is 9.61. The number of anilines is 3. The van der Waals surface area contributed by atoms with Crippen LogP contribution in [-0.2, 0) is 21.7 Å². The van der Waals surface area contributed by atoms with E-state index in [1.54, 1.807) is 0 Å². The smallest absolute Gasteiger partial charge is 0.0726 e. The lowest BCUT2D eigenvalue weighted by molar-refractivity contribution is 0.333. The van der Waals surface area contributed by atoms with Crippen molar-refractivity contribution in [1.82, 2.24) is 0 Å². The van der Waals surface area contributed by atoms with Crippen LogP contribution in [0, 0.1) is 0 Å². The van der Waals surface area contributed by atoms with Gasteiger partial charge in [-0.1, -0.05) is 194 Å². The Kier molecular flexibility index (Phi) is 8.55. The van der Waals surface area contributed by atoms with E-state index in [1.807, 2.05) is 0 Å². The Morgan fingerprint density at radius 2 is 0.855 bits per heavy atom. The Labute approximate surface area is 368 Å². The molecule has 0 bridgehead atoms. The topological polar surface area (TPSA) is 3.24 Å². The summed E-state index contributed by atoms with van der Waals surface area (Å²) in [6.07, 6.45) is 2.39. The molecule has 62 heavy (non-hydrogen) atoms. The van der Waals surface area contributed by atoms with Crippen molar-refractivity contribution in [2.75, 3.05) is 4.90 Å². The van der Waals surface area contributed by atoms with E-state index in [4.69, 9.17) is 0 Å². The quantitative estimate of drug-likeness (QED) is 0.168. The largest absolute Gasteiger partial charge is 0.310 e. The predicted octanol–water partition coefficient (Wildman–Crippen LogP) is 16.5. The Bertz CT molecular complexity index is 2980. The highest BCUT2D eigenvalue weighted by molar-refractivity contribution is 6.00. The molecule has 8 aromatic rings. The fourth-order valence-corrected chi connectivity index (χ4v) is 11.5. The van der Waals surface area contributed by atoms with Gasteiger partial charge in [-0.05, 0) is 143 Å². The molecule has 1 heteroatoms. The molecule has 304 valence electrons. The van der Waals surface area contributed by atoms with Crippen LogP contribution in [0.2, 0.25) is 0 Å². The van der Waals surface area contributed by atoms with Gasteiger partial charge in [0, 0.05) is 16.9 Å². The van der Waals surface area contributed by atoms with E-state index in [0.717, 1.165) is 11.4 Å². The van der Waals surface area contributed by atoms with E-state index >= 15 is 0 Å². The van der Waals surface area contributed by atoms with Gasteiger partial charge in [0.1, 0.15) is 0 Å². The molecule has 1 spiro atoms. The summed E-state index contributed by atoms with van der Waals surface area (Å²) in [6.45, 7) is 16.6. The Morgan fingerprint density at radius 1 is 0.387 bits per heavy atom. The van der Waals surface area contributed by atoms with Crippen LogP contribution in [0.5, 0.6) is 0 Å². The monoisotopic (exact) mass is 801 g/mol. The molecule has 0 aromatic heterocycles. The van der Waals surface area contributed by atoms with Gasteiger partial charge >= 0.3 is 0 Å². The summed E-state index contributed by atoms with van der Waals surface area (Å²) in [7, 11) is 0. The highest BCUT2D eigenvalue weighted by Crippen LogP contribution is 2.64. The van der Waals surface area contributed by atoms with Crippen LogP contribution in [0.3, 0.4) is 0 Å². The van der Waals surface area contributed by atoms with Crippen molar-refractivity contribution in [3.8, 4) is 44.5 Å². The van der Waals surface area contributed by atoms with Crippen molar-refractivity contribution in [2.45, 2.75) is 83.0 Å². The standard InChI is InChI=1S/C61H55N/c1-58(2,3)42-32-34-44(35-33-42)62(43-18-9-8-10-19-43)56-39-55-50(48-22-13-16-26-53(48)61(55)51-24-14-11-20-46(51)47-21-12-15-25-52(47)61)38-49(56)41-30-28-40(29-31-41)45-23-17-27-54-57(45)60(6,7)37-36-59(54,4)5/h8-35,38-39H,36-37H2,1-7H3. The minimum atomic E-state index is -0.457. The maximum atomic E-state index is 2.56. The normalized spacial score (nSPS) is 15.9. The second kappa shape index (κ2) is 13.8. The molecule has 1 nitrogen and oxygen atoms in total. The summed E-state index contributed by atoms with van der Waals surface area (Å²) in [5.74, 6) is 0. The van der Waals surface area contributed by atoms with Gasteiger partial charge in [0.2, 0.25) is 0 Å². The van der Waals surface area contributed by atoms with Crippen molar-refractivity contribution in [3.05, 3.63) is 221 Å². The van der Waals surface area contributed by atoms with Crippen LogP contribution in [-0.4, -0.2) is 0 Å². The molecule has 0 saturated carbocycles. The van der Waals surface area contributed by atoms with Crippen LogP contribution in [0.25, 0.3) is 44.5 Å². The van der Waals surface area contributed by atoms with Gasteiger partial charge in [0.05, 0.1) is 11.1 Å². The molecule has 0 amide bonds. The van der Waals surface area contributed by atoms with E-state index in [9.17, 15) is 0 Å². The lowest BCUT2D eigenvalue weighted by Crippen LogP contribution is -2.34. The summed E-state index contributed by atoms with van der Waals surface area (Å²) in [6, 6.07) is 69.2. The van der Waals surface area contributed by atoms with Crippen molar-refractivity contribution >= 4 is 17.1 Å². The van der Waals surface area contributed by atoms with Gasteiger partial charge in [-0.15, -0.1) is 0 Å². The van der Waals surface area contributed by atoms with E-state index in [0.29, 0.717) is 0 Å². The number of hydrogen-bond acceptors (Lipinski definition) is 1. The molecule has 11 rings (SSSR count). The molecular formula is C61H55N. The van der Waals surface area contributed by atoms with E-state index < -0.39 is 5.41 Å². The van der Waals surface area contributed by atoms with Gasteiger partial charge in [0.15, 0.2) is 0 Å². The SMILES string of the molecule is CC(C)(C)c1ccc(N(c2ccccc2)c2cc3c(cc2-c2ccc(-c4cccc5c4C(C)(C)CCC5(C)C)cc2)-c2ccccc2C32c3ccccc3-c3ccccc32)cc1. The van der Waals surface area contributed by atoms with E-state index in [2.05, 4.69) is 235 Å². The zero-order valence-corrected chi connectivity index (χ0v) is 37.2. The molecule has 0 radical (unpaired) electrons. The van der Waals surface area contributed by atoms with Gasteiger partial charge in [-0.2, -0.15) is 0 Å². The van der Waals surface area contributed by atoms with Crippen LogP contribution < -0.4 is 4.90 Å². The number of hydrogen-bond donors (Lipinski definition) is 0. The summed E-state index contributed by atoms with van der Waals surface area (Å²) < 4.78 is 0. The summed E-state index contributed by atoms with van der Waals surface area (Å²) in [5.41, 5.74) is 23.3. The lowest BCUT2D eigenvalue weighted by Gasteiger charge is -2.43. The first kappa shape index (κ1) is 38.5. The van der Waals surface area contributed by atoms with Crippen molar-refractivity contribution in [3.63, 3.8) is 0 Å². The third-order valence-electron chi connectivity index (χ3n) is 14.7. The molecule has 3 aliphatic rings. The summed E-state index contributed by atoms with van der Waals surface area (Å²) >= 11 is 0. The minimum absolute atomic E-state index is 0.0426. The van der Waals surface area contributed by atoms with Gasteiger partial charge in [-0.25, -0.2) is 0 Å². The number of rotatable bonds is 5. The molecule has 0 fully saturated rings. The molecule has 0 atom stereocenters.